The number of benzene rings is 2. The van der Waals surface area contributed by atoms with Gasteiger partial charge in [-0.15, -0.1) is 0 Å². The number of halogens is 1. The van der Waals surface area contributed by atoms with E-state index in [1.54, 1.807) is 0 Å². The lowest BCUT2D eigenvalue weighted by molar-refractivity contribution is 0.644. The molecule has 22 heavy (non-hydrogen) atoms. The molecule has 0 aliphatic carbocycles. The summed E-state index contributed by atoms with van der Waals surface area (Å²) in [6.45, 7) is 2.34. The van der Waals surface area contributed by atoms with Crippen molar-refractivity contribution in [1.82, 2.24) is 14.8 Å². The van der Waals surface area contributed by atoms with E-state index >= 15 is 0 Å². The zero-order chi connectivity index (χ0) is 15.1. The number of rotatable bonds is 1. The molecule has 2 heterocycles. The lowest BCUT2D eigenvalue weighted by Gasteiger charge is -2.09. The first-order valence-electron chi connectivity index (χ1n) is 7.04. The summed E-state index contributed by atoms with van der Waals surface area (Å²) in [6, 6.07) is 15.9. The Morgan fingerprint density at radius 3 is 2.68 bits per heavy atom. The van der Waals surface area contributed by atoms with Gasteiger partial charge in [0.2, 0.25) is 0 Å². The molecule has 3 aromatic rings. The number of nitrogens with zero attached hydrogens (tertiary/aromatic N) is 4. The van der Waals surface area contributed by atoms with Crippen LogP contribution < -0.4 is 0 Å². The SMILES string of the molecule is Cc1nc2n(n1)CN=C(c1ccccc1)c1cc(Cl)ccc1-2. The molecule has 5 heteroatoms. The first-order valence-corrected chi connectivity index (χ1v) is 7.42. The minimum atomic E-state index is 0.451. The van der Waals surface area contributed by atoms with Gasteiger partial charge in [0.1, 0.15) is 12.5 Å². The van der Waals surface area contributed by atoms with Gasteiger partial charge in [-0.1, -0.05) is 41.9 Å². The van der Waals surface area contributed by atoms with Crippen LogP contribution in [0.4, 0.5) is 0 Å². The van der Waals surface area contributed by atoms with Crippen molar-refractivity contribution < 1.29 is 0 Å². The normalized spacial score (nSPS) is 13.1. The van der Waals surface area contributed by atoms with Crippen LogP contribution >= 0.6 is 11.6 Å². The maximum Gasteiger partial charge on any atom is 0.160 e. The fourth-order valence-corrected chi connectivity index (χ4v) is 2.90. The van der Waals surface area contributed by atoms with Gasteiger partial charge in [-0.3, -0.25) is 4.99 Å². The summed E-state index contributed by atoms with van der Waals surface area (Å²) in [4.78, 5) is 9.29. The van der Waals surface area contributed by atoms with Gasteiger partial charge in [-0.05, 0) is 25.1 Å². The van der Waals surface area contributed by atoms with Gasteiger partial charge in [-0.25, -0.2) is 9.67 Å². The van der Waals surface area contributed by atoms with Crippen LogP contribution in [-0.4, -0.2) is 20.5 Å². The highest BCUT2D eigenvalue weighted by Gasteiger charge is 2.21. The summed E-state index contributed by atoms with van der Waals surface area (Å²) in [5.41, 5.74) is 3.98. The smallest absolute Gasteiger partial charge is 0.160 e. The van der Waals surface area contributed by atoms with Gasteiger partial charge in [0, 0.05) is 21.7 Å². The Hall–Kier alpha value is -2.46. The van der Waals surface area contributed by atoms with E-state index in [9.17, 15) is 0 Å². The van der Waals surface area contributed by atoms with E-state index in [4.69, 9.17) is 16.6 Å². The first kappa shape index (κ1) is 13.2. The molecule has 0 saturated heterocycles. The van der Waals surface area contributed by atoms with Gasteiger partial charge in [0.05, 0.1) is 5.71 Å². The zero-order valence-electron chi connectivity index (χ0n) is 12.0. The minimum absolute atomic E-state index is 0.451. The predicted molar refractivity (Wildman–Crippen MR) is 87.3 cm³/mol. The molecule has 1 aromatic heterocycles. The van der Waals surface area contributed by atoms with E-state index < -0.39 is 0 Å². The van der Waals surface area contributed by atoms with Crippen molar-refractivity contribution in [1.29, 1.82) is 0 Å². The maximum absolute atomic E-state index is 6.22. The first-order chi connectivity index (χ1) is 10.7. The third-order valence-electron chi connectivity index (χ3n) is 3.67. The highest BCUT2D eigenvalue weighted by molar-refractivity contribution is 6.31. The standard InChI is InChI=1S/C17H13ClN4/c1-11-20-17-14-8-7-13(18)9-15(14)16(19-10-22(17)21-11)12-5-3-2-4-6-12/h2-9H,10H2,1H3. The predicted octanol–water partition coefficient (Wildman–Crippen LogP) is 3.72. The van der Waals surface area contributed by atoms with Crippen molar-refractivity contribution in [3.63, 3.8) is 0 Å². The number of hydrogen-bond donors (Lipinski definition) is 0. The molecule has 1 aliphatic rings. The van der Waals surface area contributed by atoms with Crippen LogP contribution in [-0.2, 0) is 6.67 Å². The largest absolute Gasteiger partial charge is 0.261 e. The Kier molecular flexibility index (Phi) is 3.05. The molecule has 0 bridgehead atoms. The average molecular weight is 309 g/mol. The van der Waals surface area contributed by atoms with Gasteiger partial charge in [0.15, 0.2) is 5.82 Å². The van der Waals surface area contributed by atoms with E-state index in [-0.39, 0.29) is 0 Å². The summed E-state index contributed by atoms with van der Waals surface area (Å²) < 4.78 is 1.83. The third-order valence-corrected chi connectivity index (χ3v) is 3.90. The summed E-state index contributed by atoms with van der Waals surface area (Å²) in [7, 11) is 0. The molecule has 4 nitrogen and oxygen atoms in total. The fourth-order valence-electron chi connectivity index (χ4n) is 2.73. The molecule has 0 unspecified atom stereocenters. The lowest BCUT2D eigenvalue weighted by Crippen LogP contribution is -2.04. The van der Waals surface area contributed by atoms with E-state index in [1.807, 2.05) is 48.0 Å². The number of aromatic nitrogens is 3. The van der Waals surface area contributed by atoms with Crippen molar-refractivity contribution in [3.8, 4) is 11.4 Å². The zero-order valence-corrected chi connectivity index (χ0v) is 12.7. The van der Waals surface area contributed by atoms with Gasteiger partial charge in [-0.2, -0.15) is 5.10 Å². The van der Waals surface area contributed by atoms with Gasteiger partial charge < -0.3 is 0 Å². The second-order valence-electron chi connectivity index (χ2n) is 5.19. The van der Waals surface area contributed by atoms with Crippen LogP contribution in [0.25, 0.3) is 11.4 Å². The van der Waals surface area contributed by atoms with Crippen molar-refractivity contribution in [2.45, 2.75) is 13.6 Å². The highest BCUT2D eigenvalue weighted by atomic mass is 35.5. The van der Waals surface area contributed by atoms with Gasteiger partial charge >= 0.3 is 0 Å². The molecule has 0 atom stereocenters. The molecule has 0 radical (unpaired) electrons. The molecule has 0 N–H and O–H groups in total. The number of hydrogen-bond acceptors (Lipinski definition) is 3. The molecule has 0 amide bonds. The molecule has 1 aliphatic heterocycles. The van der Waals surface area contributed by atoms with Crippen LogP contribution in [0.3, 0.4) is 0 Å². The van der Waals surface area contributed by atoms with Crippen LogP contribution in [0, 0.1) is 6.92 Å². The molecule has 108 valence electrons. The maximum atomic E-state index is 6.22. The second-order valence-corrected chi connectivity index (χ2v) is 5.62. The topological polar surface area (TPSA) is 43.1 Å². The molecule has 0 fully saturated rings. The average Bonchev–Trinajstić information content (AvgIpc) is 2.83. The summed E-state index contributed by atoms with van der Waals surface area (Å²) in [5.74, 6) is 1.58. The van der Waals surface area contributed by atoms with E-state index in [0.29, 0.717) is 11.7 Å². The van der Waals surface area contributed by atoms with Gasteiger partial charge in [0.25, 0.3) is 0 Å². The quantitative estimate of drug-likeness (QED) is 0.687. The molecule has 0 spiro atoms. The van der Waals surface area contributed by atoms with Crippen LogP contribution in [0.2, 0.25) is 5.02 Å². The monoisotopic (exact) mass is 308 g/mol. The van der Waals surface area contributed by atoms with Crippen molar-refractivity contribution in [3.05, 3.63) is 70.5 Å². The van der Waals surface area contributed by atoms with Crippen LogP contribution in [0.5, 0.6) is 0 Å². The molecule has 0 saturated carbocycles. The van der Waals surface area contributed by atoms with Crippen molar-refractivity contribution >= 4 is 17.3 Å². The molecular weight excluding hydrogens is 296 g/mol. The van der Waals surface area contributed by atoms with Crippen molar-refractivity contribution in [2.24, 2.45) is 4.99 Å². The van der Waals surface area contributed by atoms with E-state index in [1.165, 1.54) is 0 Å². The molecule has 2 aromatic carbocycles. The second kappa shape index (κ2) is 5.07. The molecule has 4 rings (SSSR count). The Morgan fingerprint density at radius 2 is 1.86 bits per heavy atom. The van der Waals surface area contributed by atoms with Crippen molar-refractivity contribution in [2.75, 3.05) is 0 Å². The Bertz CT molecular complexity index is 881. The Labute approximate surface area is 133 Å². The number of aryl methyl sites for hydroxylation is 1. The Morgan fingerprint density at radius 1 is 1.05 bits per heavy atom. The molecular formula is C17H13ClN4. The summed E-state index contributed by atoms with van der Waals surface area (Å²) in [5, 5.41) is 5.11. The number of aliphatic imine (C=N–C) groups is 1. The Balaban J connectivity index is 1.99. The third kappa shape index (κ3) is 2.12. The number of fused-ring (bicyclic) bond motifs is 3. The summed E-state index contributed by atoms with van der Waals surface area (Å²) >= 11 is 6.22. The van der Waals surface area contributed by atoms with E-state index in [0.717, 1.165) is 34.1 Å². The highest BCUT2D eigenvalue weighted by Crippen LogP contribution is 2.30. The summed E-state index contributed by atoms with van der Waals surface area (Å²) in [6.07, 6.45) is 0. The van der Waals surface area contributed by atoms with Crippen LogP contribution in [0.1, 0.15) is 17.0 Å². The minimum Gasteiger partial charge on any atom is -0.261 e. The fraction of sp³-hybridized carbons (Fsp3) is 0.118. The van der Waals surface area contributed by atoms with E-state index in [2.05, 4.69) is 22.2 Å². The van der Waals surface area contributed by atoms with Crippen LogP contribution in [0.15, 0.2) is 53.5 Å². The lowest BCUT2D eigenvalue weighted by atomic mass is 9.97.